The zero-order valence-electron chi connectivity index (χ0n) is 11.9. The predicted molar refractivity (Wildman–Crippen MR) is 76.3 cm³/mol. The van der Waals surface area contributed by atoms with Gasteiger partial charge in [0.05, 0.1) is 25.2 Å². The first-order valence-corrected chi connectivity index (χ1v) is 7.27. The summed E-state index contributed by atoms with van der Waals surface area (Å²) in [6.45, 7) is 2.68. The molecule has 0 unspecified atom stereocenters. The number of amides is 1. The molecule has 1 aliphatic rings. The van der Waals surface area contributed by atoms with E-state index in [1.54, 1.807) is 4.90 Å². The molecule has 3 nitrogen and oxygen atoms in total. The number of halogens is 1. The summed E-state index contributed by atoms with van der Waals surface area (Å²) in [5.74, 6) is -0.101. The Balaban J connectivity index is 2.10. The third-order valence-corrected chi connectivity index (χ3v) is 3.78. The summed E-state index contributed by atoms with van der Waals surface area (Å²) in [4.78, 5) is 13.8. The van der Waals surface area contributed by atoms with Crippen LogP contribution in [0.2, 0.25) is 0 Å². The molecule has 1 aromatic rings. The molecule has 2 rings (SSSR count). The van der Waals surface area contributed by atoms with E-state index in [4.69, 9.17) is 4.74 Å². The molecule has 1 aromatic carbocycles. The zero-order valence-corrected chi connectivity index (χ0v) is 11.9. The van der Waals surface area contributed by atoms with Gasteiger partial charge in [0, 0.05) is 13.2 Å². The van der Waals surface area contributed by atoms with Crippen LogP contribution < -0.4 is 0 Å². The molecule has 0 N–H and O–H groups in total. The first-order chi connectivity index (χ1) is 9.76. The Bertz CT molecular complexity index is 424. The van der Waals surface area contributed by atoms with Gasteiger partial charge in [-0.25, -0.2) is 0 Å². The molecule has 0 aromatic heterocycles. The number of alkyl halides is 1. The van der Waals surface area contributed by atoms with Crippen molar-refractivity contribution in [2.24, 2.45) is 0 Å². The van der Waals surface area contributed by atoms with Crippen LogP contribution in [0.5, 0.6) is 0 Å². The quantitative estimate of drug-likeness (QED) is 0.801. The van der Waals surface area contributed by atoms with Crippen LogP contribution in [-0.4, -0.2) is 42.8 Å². The van der Waals surface area contributed by atoms with E-state index in [0.29, 0.717) is 13.2 Å². The minimum atomic E-state index is -0.591. The summed E-state index contributed by atoms with van der Waals surface area (Å²) in [6.07, 6.45) is 1.64. The number of ether oxygens (including phenoxy) is 1. The summed E-state index contributed by atoms with van der Waals surface area (Å²) in [6, 6.07) is 10.1. The highest BCUT2D eigenvalue weighted by Crippen LogP contribution is 2.25. The topological polar surface area (TPSA) is 29.5 Å². The number of rotatable bonds is 6. The maximum absolute atomic E-state index is 12.4. The number of hydrogen-bond acceptors (Lipinski definition) is 2. The van der Waals surface area contributed by atoms with Crippen LogP contribution in [0.25, 0.3) is 0 Å². The number of carbonyl (C=O) groups excluding carboxylic acids is 1. The van der Waals surface area contributed by atoms with E-state index < -0.39 is 6.67 Å². The van der Waals surface area contributed by atoms with Crippen LogP contribution >= 0.6 is 0 Å². The third-order valence-electron chi connectivity index (χ3n) is 3.78. The molecule has 1 heterocycles. The molecule has 0 spiro atoms. The Morgan fingerprint density at radius 1 is 1.40 bits per heavy atom. The van der Waals surface area contributed by atoms with E-state index in [-0.39, 0.29) is 24.5 Å². The molecule has 4 heteroatoms. The molecular weight excluding hydrogens is 257 g/mol. The normalized spacial score (nSPS) is 22.2. The molecule has 1 saturated heterocycles. The lowest BCUT2D eigenvalue weighted by Crippen LogP contribution is -2.42. The van der Waals surface area contributed by atoms with Gasteiger partial charge in [-0.15, -0.1) is 0 Å². The Labute approximate surface area is 119 Å². The summed E-state index contributed by atoms with van der Waals surface area (Å²) in [5, 5.41) is 0. The molecule has 110 valence electrons. The minimum Gasteiger partial charge on any atom is -0.376 e. The largest absolute Gasteiger partial charge is 0.376 e. The van der Waals surface area contributed by atoms with Crippen molar-refractivity contribution in [3.8, 4) is 0 Å². The summed E-state index contributed by atoms with van der Waals surface area (Å²) < 4.78 is 18.2. The Morgan fingerprint density at radius 3 is 2.80 bits per heavy atom. The van der Waals surface area contributed by atoms with Crippen molar-refractivity contribution in [1.82, 2.24) is 4.90 Å². The lowest BCUT2D eigenvalue weighted by molar-refractivity contribution is -0.133. The molecule has 0 radical (unpaired) electrons. The van der Waals surface area contributed by atoms with Gasteiger partial charge in [-0.05, 0) is 25.3 Å². The molecule has 0 saturated carbocycles. The SMILES string of the molecule is CCO[C@H]1CCN(C(=O)CCF)[C@H]1Cc1ccccc1. The van der Waals surface area contributed by atoms with E-state index >= 15 is 0 Å². The molecule has 1 amide bonds. The first kappa shape index (κ1) is 15.0. The standard InChI is InChI=1S/C16H22FNO2/c1-2-20-15-9-11-18(16(19)8-10-17)14(15)12-13-6-4-3-5-7-13/h3-7,14-15H,2,8-12H2,1H3/t14-,15-/m0/s1. The van der Waals surface area contributed by atoms with Gasteiger partial charge in [0.2, 0.25) is 5.91 Å². The summed E-state index contributed by atoms with van der Waals surface area (Å²) >= 11 is 0. The van der Waals surface area contributed by atoms with Gasteiger partial charge in [0.15, 0.2) is 0 Å². The highest BCUT2D eigenvalue weighted by Gasteiger charge is 2.37. The average molecular weight is 279 g/mol. The molecule has 2 atom stereocenters. The van der Waals surface area contributed by atoms with Crippen LogP contribution in [-0.2, 0) is 16.0 Å². The fourth-order valence-electron chi connectivity index (χ4n) is 2.87. The van der Waals surface area contributed by atoms with Crippen LogP contribution in [0, 0.1) is 0 Å². The lowest BCUT2D eigenvalue weighted by atomic mass is 10.0. The van der Waals surface area contributed by atoms with E-state index in [9.17, 15) is 9.18 Å². The zero-order chi connectivity index (χ0) is 14.4. The second-order valence-corrected chi connectivity index (χ2v) is 5.07. The van der Waals surface area contributed by atoms with E-state index in [0.717, 1.165) is 12.8 Å². The van der Waals surface area contributed by atoms with Crippen molar-refractivity contribution in [3.05, 3.63) is 35.9 Å². The Kier molecular flexibility index (Phi) is 5.53. The fraction of sp³-hybridized carbons (Fsp3) is 0.562. The molecule has 0 bridgehead atoms. The van der Waals surface area contributed by atoms with Gasteiger partial charge in [-0.1, -0.05) is 30.3 Å². The molecule has 20 heavy (non-hydrogen) atoms. The summed E-state index contributed by atoms with van der Waals surface area (Å²) in [5.41, 5.74) is 1.18. The fourth-order valence-corrected chi connectivity index (χ4v) is 2.87. The van der Waals surface area contributed by atoms with Gasteiger partial charge >= 0.3 is 0 Å². The van der Waals surface area contributed by atoms with E-state index in [1.165, 1.54) is 5.56 Å². The van der Waals surface area contributed by atoms with Crippen LogP contribution in [0.4, 0.5) is 4.39 Å². The number of likely N-dealkylation sites (tertiary alicyclic amines) is 1. The van der Waals surface area contributed by atoms with E-state index in [1.807, 2.05) is 25.1 Å². The smallest absolute Gasteiger partial charge is 0.225 e. The maximum atomic E-state index is 12.4. The lowest BCUT2D eigenvalue weighted by Gasteiger charge is -2.28. The number of hydrogen-bond donors (Lipinski definition) is 0. The van der Waals surface area contributed by atoms with Crippen molar-refractivity contribution in [2.75, 3.05) is 19.8 Å². The predicted octanol–water partition coefficient (Wildman–Crippen LogP) is 2.59. The highest BCUT2D eigenvalue weighted by molar-refractivity contribution is 5.77. The Morgan fingerprint density at radius 2 is 2.15 bits per heavy atom. The van der Waals surface area contributed by atoms with Gasteiger partial charge in [0.25, 0.3) is 0 Å². The summed E-state index contributed by atoms with van der Waals surface area (Å²) in [7, 11) is 0. The van der Waals surface area contributed by atoms with Crippen molar-refractivity contribution in [2.45, 2.75) is 38.3 Å². The van der Waals surface area contributed by atoms with E-state index in [2.05, 4.69) is 12.1 Å². The first-order valence-electron chi connectivity index (χ1n) is 7.27. The van der Waals surface area contributed by atoms with Crippen molar-refractivity contribution < 1.29 is 13.9 Å². The van der Waals surface area contributed by atoms with Crippen molar-refractivity contribution >= 4 is 5.91 Å². The van der Waals surface area contributed by atoms with Crippen LogP contribution in [0.15, 0.2) is 30.3 Å². The average Bonchev–Trinajstić information content (AvgIpc) is 2.84. The van der Waals surface area contributed by atoms with Crippen molar-refractivity contribution in [1.29, 1.82) is 0 Å². The monoisotopic (exact) mass is 279 g/mol. The molecular formula is C16H22FNO2. The second-order valence-electron chi connectivity index (χ2n) is 5.07. The van der Waals surface area contributed by atoms with Crippen LogP contribution in [0.3, 0.4) is 0 Å². The molecule has 0 aliphatic carbocycles. The number of nitrogens with zero attached hydrogens (tertiary/aromatic N) is 1. The highest BCUT2D eigenvalue weighted by atomic mass is 19.1. The van der Waals surface area contributed by atoms with Gasteiger partial charge < -0.3 is 9.64 Å². The molecule has 1 aliphatic heterocycles. The van der Waals surface area contributed by atoms with Gasteiger partial charge in [-0.3, -0.25) is 9.18 Å². The van der Waals surface area contributed by atoms with Crippen LogP contribution in [0.1, 0.15) is 25.3 Å². The van der Waals surface area contributed by atoms with Gasteiger partial charge in [-0.2, -0.15) is 0 Å². The third kappa shape index (κ3) is 3.57. The van der Waals surface area contributed by atoms with Crippen molar-refractivity contribution in [3.63, 3.8) is 0 Å². The Hall–Kier alpha value is -1.42. The van der Waals surface area contributed by atoms with Gasteiger partial charge in [0.1, 0.15) is 0 Å². The molecule has 1 fully saturated rings. The number of benzene rings is 1. The maximum Gasteiger partial charge on any atom is 0.225 e. The minimum absolute atomic E-state index is 0.0237. The second kappa shape index (κ2) is 7.39. The number of carbonyl (C=O) groups is 1.